The minimum absolute atomic E-state index is 0.419. The molecule has 2 aromatic carbocycles. The minimum atomic E-state index is -0.579. The number of rotatable bonds is 7. The van der Waals surface area contributed by atoms with Gasteiger partial charge in [-0.2, -0.15) is 0 Å². The van der Waals surface area contributed by atoms with Crippen LogP contribution in [0.5, 0.6) is 5.75 Å². The lowest BCUT2D eigenvalue weighted by atomic mass is 10.3. The van der Waals surface area contributed by atoms with Crippen LogP contribution in [0.4, 0.5) is 21.3 Å². The summed E-state index contributed by atoms with van der Waals surface area (Å²) in [7, 11) is 1.59. The van der Waals surface area contributed by atoms with Gasteiger partial charge < -0.3 is 15.4 Å². The Hall–Kier alpha value is -3.11. The standard InChI is InChI=1S/C19H19N5O3S2/c1-12(16(25)22-17(26)20-13-8-4-3-5-9-13)28-19-24-23-18(29-19)21-14-10-6-7-11-15(14)27-2/h3-12H,1-2H3,(H,21,23)(H2,20,22,25,26). The summed E-state index contributed by atoms with van der Waals surface area (Å²) in [6, 6.07) is 15.8. The SMILES string of the molecule is COc1ccccc1Nc1nnc(SC(C)C(=O)NC(=O)Nc2ccccc2)s1. The number of nitrogens with one attached hydrogen (secondary N) is 3. The number of thioether (sulfide) groups is 1. The minimum Gasteiger partial charge on any atom is -0.495 e. The maximum atomic E-state index is 12.3. The van der Waals surface area contributed by atoms with Gasteiger partial charge in [0.1, 0.15) is 5.75 Å². The summed E-state index contributed by atoms with van der Waals surface area (Å²) in [6.45, 7) is 1.70. The third-order valence-electron chi connectivity index (χ3n) is 3.67. The lowest BCUT2D eigenvalue weighted by Crippen LogP contribution is -2.38. The van der Waals surface area contributed by atoms with Gasteiger partial charge in [0.2, 0.25) is 11.0 Å². The molecular weight excluding hydrogens is 410 g/mol. The summed E-state index contributed by atoms with van der Waals surface area (Å²) < 4.78 is 5.90. The van der Waals surface area contributed by atoms with E-state index in [2.05, 4.69) is 26.1 Å². The summed E-state index contributed by atoms with van der Waals surface area (Å²) in [5, 5.41) is 16.3. The van der Waals surface area contributed by atoms with Crippen LogP contribution in [0.3, 0.4) is 0 Å². The van der Waals surface area contributed by atoms with E-state index in [1.165, 1.54) is 23.1 Å². The van der Waals surface area contributed by atoms with E-state index in [1.54, 1.807) is 38.3 Å². The number of carbonyl (C=O) groups is 2. The second kappa shape index (κ2) is 9.89. The summed E-state index contributed by atoms with van der Waals surface area (Å²) >= 11 is 2.53. The van der Waals surface area contributed by atoms with E-state index in [0.29, 0.717) is 20.9 Å². The Morgan fingerprint density at radius 2 is 1.79 bits per heavy atom. The second-order valence-corrected chi connectivity index (χ2v) is 8.33. The number of urea groups is 1. The number of imide groups is 1. The van der Waals surface area contributed by atoms with Gasteiger partial charge in [-0.25, -0.2) is 4.79 Å². The normalized spacial score (nSPS) is 11.4. The summed E-state index contributed by atoms with van der Waals surface area (Å²) in [5.74, 6) is 0.270. The number of anilines is 3. The smallest absolute Gasteiger partial charge is 0.325 e. The van der Waals surface area contributed by atoms with Crippen molar-refractivity contribution in [2.75, 3.05) is 17.7 Å². The van der Waals surface area contributed by atoms with Gasteiger partial charge in [-0.15, -0.1) is 10.2 Å². The maximum absolute atomic E-state index is 12.3. The van der Waals surface area contributed by atoms with Crippen LogP contribution in [-0.2, 0) is 4.79 Å². The van der Waals surface area contributed by atoms with Crippen LogP contribution >= 0.6 is 23.1 Å². The fraction of sp³-hybridized carbons (Fsp3) is 0.158. The average Bonchev–Trinajstić information content (AvgIpc) is 3.15. The molecule has 0 aliphatic rings. The Balaban J connectivity index is 1.53. The van der Waals surface area contributed by atoms with Crippen LogP contribution < -0.4 is 20.7 Å². The van der Waals surface area contributed by atoms with E-state index in [0.717, 1.165) is 5.69 Å². The van der Waals surface area contributed by atoms with Gasteiger partial charge in [0, 0.05) is 5.69 Å². The number of benzene rings is 2. The van der Waals surface area contributed by atoms with Gasteiger partial charge >= 0.3 is 6.03 Å². The monoisotopic (exact) mass is 429 g/mol. The van der Waals surface area contributed by atoms with Crippen molar-refractivity contribution in [3.05, 3.63) is 54.6 Å². The van der Waals surface area contributed by atoms with E-state index >= 15 is 0 Å². The van der Waals surface area contributed by atoms with Crippen molar-refractivity contribution < 1.29 is 14.3 Å². The van der Waals surface area contributed by atoms with Gasteiger partial charge in [-0.1, -0.05) is 53.4 Å². The van der Waals surface area contributed by atoms with Crippen molar-refractivity contribution >= 4 is 51.5 Å². The van der Waals surface area contributed by atoms with Crippen molar-refractivity contribution in [2.24, 2.45) is 0 Å². The van der Waals surface area contributed by atoms with Crippen LogP contribution in [0.2, 0.25) is 0 Å². The van der Waals surface area contributed by atoms with Gasteiger partial charge in [0.05, 0.1) is 18.0 Å². The first-order valence-electron chi connectivity index (χ1n) is 8.62. The zero-order chi connectivity index (χ0) is 20.6. The number of aromatic nitrogens is 2. The zero-order valence-electron chi connectivity index (χ0n) is 15.7. The molecule has 0 saturated heterocycles. The number of carbonyl (C=O) groups excluding carboxylic acids is 2. The Bertz CT molecular complexity index is 981. The molecule has 1 aromatic heterocycles. The molecule has 0 spiro atoms. The number of para-hydroxylation sites is 3. The van der Waals surface area contributed by atoms with Crippen molar-refractivity contribution in [1.29, 1.82) is 0 Å². The molecule has 8 nitrogen and oxygen atoms in total. The van der Waals surface area contributed by atoms with Gasteiger partial charge in [-0.3, -0.25) is 10.1 Å². The van der Waals surface area contributed by atoms with Crippen LogP contribution in [0.25, 0.3) is 0 Å². The second-order valence-electron chi connectivity index (χ2n) is 5.77. The first-order chi connectivity index (χ1) is 14.0. The van der Waals surface area contributed by atoms with E-state index in [4.69, 9.17) is 4.74 Å². The molecule has 150 valence electrons. The summed E-state index contributed by atoms with van der Waals surface area (Å²) in [4.78, 5) is 24.2. The molecule has 10 heteroatoms. The quantitative estimate of drug-likeness (QED) is 0.485. The molecule has 3 N–H and O–H groups in total. The number of methoxy groups -OCH3 is 1. The number of hydrogen-bond acceptors (Lipinski definition) is 8. The van der Waals surface area contributed by atoms with Gasteiger partial charge in [-0.05, 0) is 31.2 Å². The highest BCUT2D eigenvalue weighted by atomic mass is 32.2. The first-order valence-corrected chi connectivity index (χ1v) is 10.3. The molecule has 1 unspecified atom stereocenters. The van der Waals surface area contributed by atoms with Gasteiger partial charge in [0.15, 0.2) is 4.34 Å². The Morgan fingerprint density at radius 1 is 1.07 bits per heavy atom. The fourth-order valence-corrected chi connectivity index (χ4v) is 4.18. The molecule has 0 fully saturated rings. The molecule has 0 bridgehead atoms. The fourth-order valence-electron chi connectivity index (χ4n) is 2.27. The Morgan fingerprint density at radius 3 is 2.55 bits per heavy atom. The highest BCUT2D eigenvalue weighted by Gasteiger charge is 2.19. The summed E-state index contributed by atoms with van der Waals surface area (Å²) in [6.07, 6.45) is 0. The lowest BCUT2D eigenvalue weighted by Gasteiger charge is -2.10. The lowest BCUT2D eigenvalue weighted by molar-refractivity contribution is -0.119. The molecule has 3 aromatic rings. The molecule has 1 heterocycles. The molecule has 3 rings (SSSR count). The highest BCUT2D eigenvalue weighted by molar-refractivity contribution is 8.02. The van der Waals surface area contributed by atoms with Crippen molar-refractivity contribution in [2.45, 2.75) is 16.5 Å². The highest BCUT2D eigenvalue weighted by Crippen LogP contribution is 2.32. The average molecular weight is 430 g/mol. The number of hydrogen-bond donors (Lipinski definition) is 3. The number of amides is 3. The Labute approximate surface area is 176 Å². The van der Waals surface area contributed by atoms with Crippen molar-refractivity contribution in [1.82, 2.24) is 15.5 Å². The van der Waals surface area contributed by atoms with E-state index < -0.39 is 17.2 Å². The molecule has 0 aliphatic heterocycles. The molecule has 29 heavy (non-hydrogen) atoms. The topological polar surface area (TPSA) is 105 Å². The Kier molecular flexibility index (Phi) is 7.04. The molecule has 0 saturated carbocycles. The summed E-state index contributed by atoms with van der Waals surface area (Å²) in [5.41, 5.74) is 1.38. The van der Waals surface area contributed by atoms with Crippen LogP contribution in [-0.4, -0.2) is 34.5 Å². The van der Waals surface area contributed by atoms with Crippen molar-refractivity contribution in [3.8, 4) is 5.75 Å². The van der Waals surface area contributed by atoms with E-state index in [9.17, 15) is 9.59 Å². The number of ether oxygens (including phenoxy) is 1. The van der Waals surface area contributed by atoms with Crippen LogP contribution in [0, 0.1) is 0 Å². The molecular formula is C19H19N5O3S2. The van der Waals surface area contributed by atoms with Crippen LogP contribution in [0.1, 0.15) is 6.92 Å². The third-order valence-corrected chi connectivity index (χ3v) is 5.69. The van der Waals surface area contributed by atoms with E-state index in [-0.39, 0.29) is 0 Å². The van der Waals surface area contributed by atoms with E-state index in [1.807, 2.05) is 30.3 Å². The number of nitrogens with zero attached hydrogens (tertiary/aromatic N) is 2. The maximum Gasteiger partial charge on any atom is 0.325 e. The molecule has 1 atom stereocenters. The predicted octanol–water partition coefficient (Wildman–Crippen LogP) is 4.12. The van der Waals surface area contributed by atoms with Crippen LogP contribution in [0.15, 0.2) is 58.9 Å². The third kappa shape index (κ3) is 5.93. The molecule has 3 amide bonds. The van der Waals surface area contributed by atoms with Crippen molar-refractivity contribution in [3.63, 3.8) is 0 Å². The predicted molar refractivity (Wildman–Crippen MR) is 115 cm³/mol. The molecule has 0 radical (unpaired) electrons. The zero-order valence-corrected chi connectivity index (χ0v) is 17.3. The largest absolute Gasteiger partial charge is 0.495 e. The molecule has 0 aliphatic carbocycles. The van der Waals surface area contributed by atoms with Gasteiger partial charge in [0.25, 0.3) is 0 Å². The first kappa shape index (κ1) is 20.6.